The Labute approximate surface area is 336 Å². The second-order valence-electron chi connectivity index (χ2n) is 15.0. The molecule has 2 heterocycles. The van der Waals surface area contributed by atoms with Crippen LogP contribution < -0.4 is 0 Å². The lowest BCUT2D eigenvalue weighted by Crippen LogP contribution is -2.23. The van der Waals surface area contributed by atoms with Crippen molar-refractivity contribution < 1.29 is 0 Å². The molecule has 10 aromatic rings. The quantitative estimate of drug-likeness (QED) is 0.169. The van der Waals surface area contributed by atoms with Crippen LogP contribution in [0.5, 0.6) is 0 Å². The Kier molecular flexibility index (Phi) is 7.84. The number of nitrogens with zero attached hydrogens (tertiary/aromatic N) is 2. The Bertz CT molecular complexity index is 3140. The Hall–Kier alpha value is -6.94. The number of hydrogen-bond donors (Lipinski definition) is 0. The number of benzene rings is 8. The number of rotatable bonds is 6. The number of fused-ring (bicyclic) bond motifs is 6. The first-order valence-electron chi connectivity index (χ1n) is 19.5. The van der Waals surface area contributed by atoms with Crippen molar-refractivity contribution in [1.29, 1.82) is 0 Å². The van der Waals surface area contributed by atoms with Crippen LogP contribution in [-0.4, -0.2) is 9.97 Å². The van der Waals surface area contributed by atoms with Crippen LogP contribution in [0.4, 0.5) is 0 Å². The first kappa shape index (κ1) is 33.4. The first-order valence-corrected chi connectivity index (χ1v) is 20.3. The predicted molar refractivity (Wildman–Crippen MR) is 240 cm³/mol. The van der Waals surface area contributed by atoms with E-state index in [9.17, 15) is 0 Å². The van der Waals surface area contributed by atoms with Gasteiger partial charge in [0.15, 0.2) is 5.82 Å². The fraction of sp³-hybridized carbons (Fsp3) is 0.0370. The normalized spacial score (nSPS) is 14.5. The van der Waals surface area contributed by atoms with Crippen LogP contribution in [0.15, 0.2) is 200 Å². The lowest BCUT2D eigenvalue weighted by atomic mass is 9.71. The van der Waals surface area contributed by atoms with E-state index in [2.05, 4.69) is 201 Å². The fourth-order valence-electron chi connectivity index (χ4n) is 9.11. The molecule has 0 saturated carbocycles. The minimum Gasteiger partial charge on any atom is -0.228 e. The summed E-state index contributed by atoms with van der Waals surface area (Å²) in [6.07, 6.45) is 0. The van der Waals surface area contributed by atoms with Gasteiger partial charge in [-0.1, -0.05) is 182 Å². The van der Waals surface area contributed by atoms with Gasteiger partial charge in [-0.15, -0.1) is 11.3 Å². The van der Waals surface area contributed by atoms with Gasteiger partial charge in [0.2, 0.25) is 0 Å². The molecule has 1 aliphatic carbocycles. The highest BCUT2D eigenvalue weighted by Gasteiger charge is 2.42. The maximum atomic E-state index is 5.35. The molecule has 2 aromatic heterocycles. The van der Waals surface area contributed by atoms with E-state index in [-0.39, 0.29) is 5.41 Å². The summed E-state index contributed by atoms with van der Waals surface area (Å²) < 4.78 is 2.61. The average molecular weight is 745 g/mol. The first-order chi connectivity index (χ1) is 28.1. The van der Waals surface area contributed by atoms with E-state index in [0.29, 0.717) is 5.82 Å². The summed E-state index contributed by atoms with van der Waals surface area (Å²) in [5.74, 6) is 0.703. The number of thiophene rings is 1. The summed E-state index contributed by atoms with van der Waals surface area (Å²) in [6, 6.07) is 72.1. The van der Waals surface area contributed by atoms with Gasteiger partial charge in [0, 0.05) is 42.3 Å². The van der Waals surface area contributed by atoms with E-state index in [1.54, 1.807) is 0 Å². The van der Waals surface area contributed by atoms with Crippen molar-refractivity contribution >= 4 is 31.5 Å². The lowest BCUT2D eigenvalue weighted by Gasteiger charge is -2.30. The Balaban J connectivity index is 1.10. The monoisotopic (exact) mass is 744 g/mol. The third kappa shape index (κ3) is 5.38. The van der Waals surface area contributed by atoms with Crippen LogP contribution in [-0.2, 0) is 5.41 Å². The molecule has 0 aliphatic heterocycles. The molecule has 3 heteroatoms. The van der Waals surface area contributed by atoms with E-state index < -0.39 is 0 Å². The minimum absolute atomic E-state index is 0.347. The molecule has 1 unspecified atom stereocenters. The number of hydrogen-bond acceptors (Lipinski definition) is 3. The molecular formula is C54H36N2S. The van der Waals surface area contributed by atoms with E-state index in [4.69, 9.17) is 9.97 Å². The van der Waals surface area contributed by atoms with Gasteiger partial charge in [-0.05, 0) is 75.2 Å². The maximum absolute atomic E-state index is 5.35. The van der Waals surface area contributed by atoms with Gasteiger partial charge in [-0.2, -0.15) is 0 Å². The molecule has 2 nitrogen and oxygen atoms in total. The SMILES string of the molecule is CC1(c2ccccc2)c2ccccc2-c2cccc(-c3ccccc3-c3cc(-c4cccc(-c5cccc6c5sc5ccccc56)c4)nc(-c4ccccc4)n3)c21. The zero-order valence-electron chi connectivity index (χ0n) is 31.4. The van der Waals surface area contributed by atoms with E-state index in [1.807, 2.05) is 17.4 Å². The third-order valence-electron chi connectivity index (χ3n) is 11.8. The van der Waals surface area contributed by atoms with Gasteiger partial charge in [-0.3, -0.25) is 0 Å². The van der Waals surface area contributed by atoms with Crippen LogP contribution in [0, 0.1) is 0 Å². The maximum Gasteiger partial charge on any atom is 0.160 e. The smallest absolute Gasteiger partial charge is 0.160 e. The van der Waals surface area contributed by atoms with Crippen LogP contribution in [0.25, 0.3) is 87.5 Å². The Morgan fingerprint density at radius 1 is 0.404 bits per heavy atom. The molecule has 8 aromatic carbocycles. The zero-order valence-corrected chi connectivity index (χ0v) is 32.2. The predicted octanol–water partition coefficient (Wildman–Crippen LogP) is 14.5. The molecule has 0 spiro atoms. The van der Waals surface area contributed by atoms with E-state index >= 15 is 0 Å². The highest BCUT2D eigenvalue weighted by molar-refractivity contribution is 7.26. The highest BCUT2D eigenvalue weighted by atomic mass is 32.1. The zero-order chi connectivity index (χ0) is 37.9. The molecule has 11 rings (SSSR count). The number of aromatic nitrogens is 2. The molecular weight excluding hydrogens is 709 g/mol. The van der Waals surface area contributed by atoms with Crippen LogP contribution in [0.1, 0.15) is 23.6 Å². The van der Waals surface area contributed by atoms with Crippen LogP contribution >= 0.6 is 11.3 Å². The minimum atomic E-state index is -0.347. The Morgan fingerprint density at radius 2 is 0.965 bits per heavy atom. The standard InChI is InChI=1S/C54H36N2S/c1-54(38-21-6-3-7-22-38)47-31-12-10-24-41(47)45-29-16-28-44(51(45)54)40-23-8-9-25-42(40)49-34-48(55-53(56-49)35-17-4-2-5-18-35)37-20-14-19-36(33-37)39-27-15-30-46-43-26-11-13-32-50(43)57-52(39)46/h2-34H,1H3. The second kappa shape index (κ2) is 13.4. The third-order valence-corrected chi connectivity index (χ3v) is 13.0. The molecule has 1 atom stereocenters. The molecule has 268 valence electrons. The van der Waals surface area contributed by atoms with Gasteiger partial charge in [0.1, 0.15) is 0 Å². The Morgan fingerprint density at radius 3 is 1.81 bits per heavy atom. The van der Waals surface area contributed by atoms with Crippen molar-refractivity contribution in [3.8, 4) is 67.3 Å². The molecule has 57 heavy (non-hydrogen) atoms. The summed E-state index contributed by atoms with van der Waals surface area (Å²) >= 11 is 1.86. The highest BCUT2D eigenvalue weighted by Crippen LogP contribution is 2.56. The van der Waals surface area contributed by atoms with Crippen molar-refractivity contribution in [2.45, 2.75) is 12.3 Å². The second-order valence-corrected chi connectivity index (χ2v) is 16.1. The summed E-state index contributed by atoms with van der Waals surface area (Å²) in [4.78, 5) is 10.6. The lowest BCUT2D eigenvalue weighted by molar-refractivity contribution is 0.716. The van der Waals surface area contributed by atoms with Crippen LogP contribution in [0.2, 0.25) is 0 Å². The van der Waals surface area contributed by atoms with Crippen molar-refractivity contribution in [3.63, 3.8) is 0 Å². The molecule has 0 radical (unpaired) electrons. The van der Waals surface area contributed by atoms with Gasteiger partial charge >= 0.3 is 0 Å². The van der Waals surface area contributed by atoms with Crippen molar-refractivity contribution in [2.24, 2.45) is 0 Å². The fourth-order valence-corrected chi connectivity index (χ4v) is 10.3. The molecule has 0 amide bonds. The van der Waals surface area contributed by atoms with Gasteiger partial charge in [0.05, 0.1) is 11.4 Å². The average Bonchev–Trinajstić information content (AvgIpc) is 3.80. The molecule has 0 fully saturated rings. The largest absolute Gasteiger partial charge is 0.228 e. The molecule has 0 N–H and O–H groups in total. The van der Waals surface area contributed by atoms with Gasteiger partial charge in [0.25, 0.3) is 0 Å². The summed E-state index contributed by atoms with van der Waals surface area (Å²) in [5.41, 5.74) is 15.8. The summed E-state index contributed by atoms with van der Waals surface area (Å²) in [5, 5.41) is 2.60. The van der Waals surface area contributed by atoms with Gasteiger partial charge < -0.3 is 0 Å². The van der Waals surface area contributed by atoms with E-state index in [1.165, 1.54) is 64.7 Å². The topological polar surface area (TPSA) is 25.8 Å². The van der Waals surface area contributed by atoms with Crippen molar-refractivity contribution in [2.75, 3.05) is 0 Å². The van der Waals surface area contributed by atoms with E-state index in [0.717, 1.165) is 33.6 Å². The summed E-state index contributed by atoms with van der Waals surface area (Å²) in [7, 11) is 0. The van der Waals surface area contributed by atoms with Gasteiger partial charge in [-0.25, -0.2) is 9.97 Å². The molecule has 1 aliphatic rings. The molecule has 0 saturated heterocycles. The van der Waals surface area contributed by atoms with Crippen LogP contribution in [0.3, 0.4) is 0 Å². The summed E-state index contributed by atoms with van der Waals surface area (Å²) in [6.45, 7) is 2.39. The molecule has 0 bridgehead atoms. The van der Waals surface area contributed by atoms with Crippen molar-refractivity contribution in [3.05, 3.63) is 217 Å². The van der Waals surface area contributed by atoms with Crippen molar-refractivity contribution in [1.82, 2.24) is 9.97 Å².